The van der Waals surface area contributed by atoms with Crippen molar-refractivity contribution >= 4 is 5.78 Å². The minimum Gasteiger partial charge on any atom is -0.508 e. The average molecular weight is 284 g/mol. The highest BCUT2D eigenvalue weighted by Crippen LogP contribution is 2.40. The van der Waals surface area contributed by atoms with E-state index in [2.05, 4.69) is 0 Å². The first-order valence-corrected chi connectivity index (χ1v) is 6.78. The monoisotopic (exact) mass is 284 g/mol. The van der Waals surface area contributed by atoms with Crippen molar-refractivity contribution in [3.63, 3.8) is 0 Å². The van der Waals surface area contributed by atoms with Crippen molar-refractivity contribution < 1.29 is 19.7 Å². The summed E-state index contributed by atoms with van der Waals surface area (Å²) in [6, 6.07) is 8.55. The third-order valence-electron chi connectivity index (χ3n) is 3.75. The molecule has 4 heteroatoms. The van der Waals surface area contributed by atoms with Gasteiger partial charge >= 0.3 is 0 Å². The Morgan fingerprint density at radius 2 is 1.86 bits per heavy atom. The van der Waals surface area contributed by atoms with Gasteiger partial charge in [0.15, 0.2) is 5.78 Å². The third-order valence-corrected chi connectivity index (χ3v) is 3.75. The maximum atomic E-state index is 12.3. The van der Waals surface area contributed by atoms with E-state index < -0.39 is 6.10 Å². The molecule has 0 saturated heterocycles. The highest BCUT2D eigenvalue weighted by molar-refractivity contribution is 6.02. The Hall–Kier alpha value is -2.49. The maximum Gasteiger partial charge on any atom is 0.174 e. The molecule has 108 valence electrons. The van der Waals surface area contributed by atoms with Crippen LogP contribution in [0.15, 0.2) is 30.3 Å². The number of Topliss-reactive ketones (excluding diaryl/α,β-unsaturated/α-hetero) is 1. The predicted molar refractivity (Wildman–Crippen MR) is 78.0 cm³/mol. The number of ketones is 1. The lowest BCUT2D eigenvalue weighted by atomic mass is 9.94. The zero-order valence-corrected chi connectivity index (χ0v) is 11.9. The summed E-state index contributed by atoms with van der Waals surface area (Å²) < 4.78 is 5.85. The summed E-state index contributed by atoms with van der Waals surface area (Å²) in [5, 5.41) is 19.7. The fraction of sp³-hybridized carbons (Fsp3) is 0.235. The molecular formula is C17H16O4. The number of phenols is 2. The lowest BCUT2D eigenvalue weighted by Crippen LogP contribution is -2.20. The maximum absolute atomic E-state index is 12.3. The summed E-state index contributed by atoms with van der Waals surface area (Å²) in [7, 11) is 0. The number of phenolic OH excluding ortho intramolecular Hbond substituents is 2. The van der Waals surface area contributed by atoms with E-state index in [1.165, 1.54) is 0 Å². The molecule has 1 atom stereocenters. The zero-order chi connectivity index (χ0) is 15.1. The number of hydrogen-bond acceptors (Lipinski definition) is 4. The number of fused-ring (bicyclic) bond motifs is 1. The zero-order valence-electron chi connectivity index (χ0n) is 11.9. The van der Waals surface area contributed by atoms with Crippen LogP contribution in [-0.4, -0.2) is 16.0 Å². The molecule has 0 aromatic heterocycles. The fourth-order valence-electron chi connectivity index (χ4n) is 2.59. The molecular weight excluding hydrogens is 268 g/mol. The van der Waals surface area contributed by atoms with Crippen molar-refractivity contribution in [1.82, 2.24) is 0 Å². The van der Waals surface area contributed by atoms with Crippen LogP contribution in [0, 0.1) is 13.8 Å². The molecule has 1 aliphatic rings. The van der Waals surface area contributed by atoms with Gasteiger partial charge in [-0.3, -0.25) is 4.79 Å². The van der Waals surface area contributed by atoms with Crippen LogP contribution in [0.3, 0.4) is 0 Å². The van der Waals surface area contributed by atoms with Crippen LogP contribution >= 0.6 is 0 Å². The molecule has 0 saturated carbocycles. The number of carbonyl (C=O) groups is 1. The van der Waals surface area contributed by atoms with Crippen LogP contribution in [0.4, 0.5) is 0 Å². The van der Waals surface area contributed by atoms with E-state index in [9.17, 15) is 15.0 Å². The van der Waals surface area contributed by atoms with Crippen LogP contribution in [0.1, 0.15) is 39.6 Å². The molecule has 0 radical (unpaired) electrons. The molecule has 0 bridgehead atoms. The van der Waals surface area contributed by atoms with Gasteiger partial charge in [-0.2, -0.15) is 0 Å². The lowest BCUT2D eigenvalue weighted by molar-refractivity contribution is 0.0845. The predicted octanol–water partition coefficient (Wildman–Crippen LogP) is 3.42. The first kappa shape index (κ1) is 13.5. The average Bonchev–Trinajstić information content (AvgIpc) is 2.40. The standard InChI is InChI=1S/C17H16O4/c1-9-5-13(19)17-14(20)8-15(21-16(17)6-9)11-4-3-10(2)12(18)7-11/h3-7,15,18-19H,8H2,1-2H3. The summed E-state index contributed by atoms with van der Waals surface area (Å²) in [6.45, 7) is 3.64. The van der Waals surface area contributed by atoms with E-state index in [0.717, 1.165) is 16.7 Å². The number of ether oxygens (including phenoxy) is 1. The molecule has 1 aliphatic heterocycles. The molecule has 2 N–H and O–H groups in total. The topological polar surface area (TPSA) is 66.8 Å². The SMILES string of the molecule is Cc1cc(O)c2c(c1)OC(c1ccc(C)c(O)c1)CC2=O. The van der Waals surface area contributed by atoms with Crippen LogP contribution in [0.2, 0.25) is 0 Å². The van der Waals surface area contributed by atoms with E-state index in [0.29, 0.717) is 5.75 Å². The van der Waals surface area contributed by atoms with Crippen LogP contribution in [-0.2, 0) is 0 Å². The molecule has 21 heavy (non-hydrogen) atoms. The van der Waals surface area contributed by atoms with Crippen molar-refractivity contribution in [3.8, 4) is 17.2 Å². The minimum atomic E-state index is -0.447. The van der Waals surface area contributed by atoms with E-state index in [1.807, 2.05) is 19.9 Å². The number of hydrogen-bond donors (Lipinski definition) is 2. The Morgan fingerprint density at radius 3 is 2.57 bits per heavy atom. The van der Waals surface area contributed by atoms with Crippen molar-refractivity contribution in [2.75, 3.05) is 0 Å². The second-order valence-corrected chi connectivity index (χ2v) is 5.44. The molecule has 0 spiro atoms. The number of rotatable bonds is 1. The van der Waals surface area contributed by atoms with Gasteiger partial charge in [-0.05, 0) is 48.7 Å². The van der Waals surface area contributed by atoms with Gasteiger partial charge in [0.2, 0.25) is 0 Å². The minimum absolute atomic E-state index is 0.0415. The van der Waals surface area contributed by atoms with Crippen molar-refractivity contribution in [2.24, 2.45) is 0 Å². The molecule has 0 amide bonds. The van der Waals surface area contributed by atoms with E-state index in [1.54, 1.807) is 24.3 Å². The first-order valence-electron chi connectivity index (χ1n) is 6.78. The molecule has 2 aromatic rings. The van der Waals surface area contributed by atoms with Crippen molar-refractivity contribution in [1.29, 1.82) is 0 Å². The molecule has 2 aromatic carbocycles. The Kier molecular flexibility index (Phi) is 3.09. The second-order valence-electron chi connectivity index (χ2n) is 5.44. The van der Waals surface area contributed by atoms with Crippen LogP contribution in [0.5, 0.6) is 17.2 Å². The van der Waals surface area contributed by atoms with Gasteiger partial charge in [0.05, 0.1) is 6.42 Å². The summed E-state index contributed by atoms with van der Waals surface area (Å²) >= 11 is 0. The number of aromatic hydroxyl groups is 2. The Morgan fingerprint density at radius 1 is 1.10 bits per heavy atom. The summed E-state index contributed by atoms with van der Waals surface area (Å²) in [6.07, 6.45) is -0.302. The fourth-order valence-corrected chi connectivity index (χ4v) is 2.59. The van der Waals surface area contributed by atoms with Crippen LogP contribution in [0.25, 0.3) is 0 Å². The van der Waals surface area contributed by atoms with Gasteiger partial charge in [0.25, 0.3) is 0 Å². The number of aryl methyl sites for hydroxylation is 2. The summed E-state index contributed by atoms with van der Waals surface area (Å²) in [5.41, 5.74) is 2.59. The quantitative estimate of drug-likeness (QED) is 0.842. The molecule has 0 fully saturated rings. The summed E-state index contributed by atoms with van der Waals surface area (Å²) in [4.78, 5) is 12.3. The Bertz CT molecular complexity index is 734. The molecule has 0 aliphatic carbocycles. The molecule has 1 unspecified atom stereocenters. The first-order chi connectivity index (χ1) is 9.95. The Labute approximate surface area is 122 Å². The number of benzene rings is 2. The van der Waals surface area contributed by atoms with Gasteiger partial charge in [-0.15, -0.1) is 0 Å². The molecule has 1 heterocycles. The van der Waals surface area contributed by atoms with Gasteiger partial charge in [0, 0.05) is 0 Å². The smallest absolute Gasteiger partial charge is 0.174 e. The van der Waals surface area contributed by atoms with Crippen molar-refractivity contribution in [3.05, 3.63) is 52.6 Å². The van der Waals surface area contributed by atoms with Crippen molar-refractivity contribution in [2.45, 2.75) is 26.4 Å². The van der Waals surface area contributed by atoms with Crippen LogP contribution < -0.4 is 4.74 Å². The van der Waals surface area contributed by atoms with E-state index in [-0.39, 0.29) is 29.3 Å². The van der Waals surface area contributed by atoms with E-state index in [4.69, 9.17) is 4.74 Å². The molecule has 3 rings (SSSR count). The second kappa shape index (κ2) is 4.81. The largest absolute Gasteiger partial charge is 0.508 e. The van der Waals surface area contributed by atoms with Gasteiger partial charge < -0.3 is 14.9 Å². The molecule has 4 nitrogen and oxygen atoms in total. The highest BCUT2D eigenvalue weighted by atomic mass is 16.5. The summed E-state index contributed by atoms with van der Waals surface area (Å²) in [5.74, 6) is 0.384. The Balaban J connectivity index is 2.01. The van der Waals surface area contributed by atoms with Gasteiger partial charge in [-0.1, -0.05) is 12.1 Å². The highest BCUT2D eigenvalue weighted by Gasteiger charge is 2.30. The van der Waals surface area contributed by atoms with E-state index >= 15 is 0 Å². The lowest BCUT2D eigenvalue weighted by Gasteiger charge is -2.26. The normalized spacial score (nSPS) is 17.2. The van der Waals surface area contributed by atoms with Gasteiger partial charge in [0.1, 0.15) is 28.9 Å². The third kappa shape index (κ3) is 2.33. The number of carbonyl (C=O) groups excluding carboxylic acids is 1. The van der Waals surface area contributed by atoms with Gasteiger partial charge in [-0.25, -0.2) is 0 Å².